The Morgan fingerprint density at radius 1 is 1.30 bits per heavy atom. The molecule has 1 rings (SSSR count). The topological polar surface area (TPSA) is 0 Å². The van der Waals surface area contributed by atoms with Gasteiger partial charge in [-0.15, -0.1) is 0 Å². The Morgan fingerprint density at radius 3 is 2.40 bits per heavy atom. The quantitative estimate of drug-likeness (QED) is 0.458. The molecule has 1 aliphatic rings. The Kier molecular flexibility index (Phi) is 3.64. The SMILES string of the molecule is S=C(Cl)CC1CCCCC1. The fraction of sp³-hybridized carbons (Fsp3) is 0.875. The highest BCUT2D eigenvalue weighted by Crippen LogP contribution is 2.26. The molecule has 0 saturated heterocycles. The zero-order valence-corrected chi connectivity index (χ0v) is 7.68. The maximum Gasteiger partial charge on any atom is 0.0811 e. The molecule has 58 valence electrons. The average molecular weight is 177 g/mol. The van der Waals surface area contributed by atoms with Crippen LogP contribution < -0.4 is 0 Å². The van der Waals surface area contributed by atoms with Crippen molar-refractivity contribution in [1.82, 2.24) is 0 Å². The summed E-state index contributed by atoms with van der Waals surface area (Å²) in [6.45, 7) is 0. The molecule has 0 aromatic heterocycles. The molecule has 0 nitrogen and oxygen atoms in total. The van der Waals surface area contributed by atoms with Crippen LogP contribution in [0.1, 0.15) is 38.5 Å². The highest BCUT2D eigenvalue weighted by molar-refractivity contribution is 7.83. The van der Waals surface area contributed by atoms with Crippen molar-refractivity contribution in [1.29, 1.82) is 0 Å². The van der Waals surface area contributed by atoms with Crippen molar-refractivity contribution in [3.63, 3.8) is 0 Å². The van der Waals surface area contributed by atoms with Gasteiger partial charge in [0.25, 0.3) is 0 Å². The first-order chi connectivity index (χ1) is 4.79. The predicted octanol–water partition coefficient (Wildman–Crippen LogP) is 3.52. The molecular weight excluding hydrogens is 164 g/mol. The van der Waals surface area contributed by atoms with Gasteiger partial charge < -0.3 is 0 Å². The number of halogens is 1. The van der Waals surface area contributed by atoms with Crippen molar-refractivity contribution in [2.24, 2.45) is 5.92 Å². The molecule has 0 spiro atoms. The van der Waals surface area contributed by atoms with Crippen LogP contribution in [0.3, 0.4) is 0 Å². The maximum atomic E-state index is 5.64. The van der Waals surface area contributed by atoms with Crippen LogP contribution in [-0.2, 0) is 0 Å². The number of hydrogen-bond acceptors (Lipinski definition) is 1. The van der Waals surface area contributed by atoms with Gasteiger partial charge in [0.15, 0.2) is 0 Å². The standard InChI is InChI=1S/C8H13ClS/c9-8(10)6-7-4-2-1-3-5-7/h7H,1-6H2. The van der Waals surface area contributed by atoms with E-state index in [4.69, 9.17) is 23.8 Å². The zero-order chi connectivity index (χ0) is 7.40. The molecule has 0 amide bonds. The summed E-state index contributed by atoms with van der Waals surface area (Å²) >= 11 is 10.5. The Labute approximate surface area is 73.0 Å². The van der Waals surface area contributed by atoms with Gasteiger partial charge in [-0.3, -0.25) is 0 Å². The first kappa shape index (κ1) is 8.48. The number of hydrogen-bond donors (Lipinski definition) is 0. The van der Waals surface area contributed by atoms with E-state index in [2.05, 4.69) is 0 Å². The molecule has 0 N–H and O–H groups in total. The summed E-state index contributed by atoms with van der Waals surface area (Å²) in [5.41, 5.74) is 0. The summed E-state index contributed by atoms with van der Waals surface area (Å²) in [4.78, 5) is 0. The zero-order valence-electron chi connectivity index (χ0n) is 6.11. The van der Waals surface area contributed by atoms with Crippen LogP contribution in [0.25, 0.3) is 0 Å². The Balaban J connectivity index is 2.19. The fourth-order valence-corrected chi connectivity index (χ4v) is 2.07. The van der Waals surface area contributed by atoms with E-state index in [9.17, 15) is 0 Å². The van der Waals surface area contributed by atoms with Gasteiger partial charge >= 0.3 is 0 Å². The summed E-state index contributed by atoms with van der Waals surface area (Å²) in [7, 11) is 0. The molecule has 10 heavy (non-hydrogen) atoms. The van der Waals surface area contributed by atoms with Gasteiger partial charge in [0.1, 0.15) is 0 Å². The van der Waals surface area contributed by atoms with E-state index in [0.717, 1.165) is 12.3 Å². The molecular formula is C8H13ClS. The predicted molar refractivity (Wildman–Crippen MR) is 49.6 cm³/mol. The highest BCUT2D eigenvalue weighted by atomic mass is 35.5. The Hall–Kier alpha value is 0.380. The lowest BCUT2D eigenvalue weighted by Gasteiger charge is -2.19. The van der Waals surface area contributed by atoms with Crippen molar-refractivity contribution in [3.05, 3.63) is 0 Å². The minimum Gasteiger partial charge on any atom is -0.0765 e. The van der Waals surface area contributed by atoms with Crippen LogP contribution in [-0.4, -0.2) is 4.32 Å². The molecule has 0 radical (unpaired) electrons. The molecule has 0 heterocycles. The van der Waals surface area contributed by atoms with E-state index < -0.39 is 0 Å². The number of thiocarbonyl (C=S) groups is 1. The van der Waals surface area contributed by atoms with Crippen molar-refractivity contribution < 1.29 is 0 Å². The van der Waals surface area contributed by atoms with Gasteiger partial charge in [0, 0.05) is 0 Å². The van der Waals surface area contributed by atoms with Crippen molar-refractivity contribution >= 4 is 28.1 Å². The smallest absolute Gasteiger partial charge is 0.0765 e. The van der Waals surface area contributed by atoms with Gasteiger partial charge in [-0.25, -0.2) is 0 Å². The van der Waals surface area contributed by atoms with Crippen LogP contribution >= 0.6 is 23.8 Å². The lowest BCUT2D eigenvalue weighted by atomic mass is 9.88. The molecule has 2 heteroatoms. The van der Waals surface area contributed by atoms with E-state index in [1.54, 1.807) is 0 Å². The first-order valence-corrected chi connectivity index (χ1v) is 4.76. The lowest BCUT2D eigenvalue weighted by molar-refractivity contribution is 0.370. The average Bonchev–Trinajstić information content (AvgIpc) is 1.88. The van der Waals surface area contributed by atoms with Crippen LogP contribution in [0.15, 0.2) is 0 Å². The Bertz CT molecular complexity index is 116. The van der Waals surface area contributed by atoms with Crippen LogP contribution in [0.4, 0.5) is 0 Å². The maximum absolute atomic E-state index is 5.64. The van der Waals surface area contributed by atoms with E-state index in [1.165, 1.54) is 32.1 Å². The highest BCUT2D eigenvalue weighted by Gasteiger charge is 2.13. The van der Waals surface area contributed by atoms with Crippen LogP contribution in [0.5, 0.6) is 0 Å². The van der Waals surface area contributed by atoms with Crippen molar-refractivity contribution in [3.8, 4) is 0 Å². The van der Waals surface area contributed by atoms with Gasteiger partial charge in [0.2, 0.25) is 0 Å². The molecule has 0 aromatic carbocycles. The molecule has 0 atom stereocenters. The normalized spacial score (nSPS) is 20.9. The second-order valence-electron chi connectivity index (χ2n) is 3.06. The Morgan fingerprint density at radius 2 is 1.90 bits per heavy atom. The second-order valence-corrected chi connectivity index (χ2v) is 4.24. The fourth-order valence-electron chi connectivity index (χ4n) is 1.62. The molecule has 0 aromatic rings. The molecule has 1 aliphatic carbocycles. The van der Waals surface area contributed by atoms with Crippen LogP contribution in [0.2, 0.25) is 0 Å². The summed E-state index contributed by atoms with van der Waals surface area (Å²) in [6, 6.07) is 0. The summed E-state index contributed by atoms with van der Waals surface area (Å²) < 4.78 is 0.673. The van der Waals surface area contributed by atoms with Crippen LogP contribution in [0, 0.1) is 5.92 Å². The summed E-state index contributed by atoms with van der Waals surface area (Å²) in [6.07, 6.45) is 7.82. The van der Waals surface area contributed by atoms with Crippen molar-refractivity contribution in [2.45, 2.75) is 38.5 Å². The monoisotopic (exact) mass is 176 g/mol. The van der Waals surface area contributed by atoms with E-state index in [1.807, 2.05) is 0 Å². The van der Waals surface area contributed by atoms with Gasteiger partial charge in [-0.05, 0) is 12.3 Å². The molecule has 0 unspecified atom stereocenters. The van der Waals surface area contributed by atoms with Crippen molar-refractivity contribution in [2.75, 3.05) is 0 Å². The van der Waals surface area contributed by atoms with Gasteiger partial charge in [-0.2, -0.15) is 0 Å². The minimum absolute atomic E-state index is 0.673. The van der Waals surface area contributed by atoms with E-state index >= 15 is 0 Å². The third kappa shape index (κ3) is 2.98. The van der Waals surface area contributed by atoms with Gasteiger partial charge in [-0.1, -0.05) is 55.9 Å². The largest absolute Gasteiger partial charge is 0.0811 e. The summed E-state index contributed by atoms with van der Waals surface area (Å²) in [5, 5.41) is 0. The molecule has 1 fully saturated rings. The molecule has 1 saturated carbocycles. The third-order valence-corrected chi connectivity index (χ3v) is 2.49. The molecule has 0 bridgehead atoms. The first-order valence-electron chi connectivity index (χ1n) is 3.97. The minimum atomic E-state index is 0.673. The van der Waals surface area contributed by atoms with Gasteiger partial charge in [0.05, 0.1) is 4.32 Å². The lowest BCUT2D eigenvalue weighted by Crippen LogP contribution is -2.07. The van der Waals surface area contributed by atoms with E-state index in [-0.39, 0.29) is 0 Å². The second kappa shape index (κ2) is 4.30. The van der Waals surface area contributed by atoms with E-state index in [0.29, 0.717) is 4.32 Å². The molecule has 0 aliphatic heterocycles. The number of rotatable bonds is 2. The summed E-state index contributed by atoms with van der Waals surface area (Å²) in [5.74, 6) is 0.804. The third-order valence-electron chi connectivity index (χ3n) is 2.17.